The lowest BCUT2D eigenvalue weighted by atomic mass is 9.88. The predicted octanol–water partition coefficient (Wildman–Crippen LogP) is -0.145. The molecule has 0 unspecified atom stereocenters. The zero-order valence-corrected chi connectivity index (χ0v) is 27.9. The number of carbonyl (C=O) groups excluding carboxylic acids is 4. The van der Waals surface area contributed by atoms with E-state index in [0.717, 1.165) is 23.8 Å². The summed E-state index contributed by atoms with van der Waals surface area (Å²) < 4.78 is 14.8. The van der Waals surface area contributed by atoms with Crippen molar-refractivity contribution in [1.82, 2.24) is 24.6 Å². The summed E-state index contributed by atoms with van der Waals surface area (Å²) in [6, 6.07) is 6.05. The minimum absolute atomic E-state index is 0.0241. The number of benzene rings is 1. The highest BCUT2D eigenvalue weighted by atomic mass is 16.6. The van der Waals surface area contributed by atoms with E-state index in [0.29, 0.717) is 30.5 Å². The fraction of sp³-hybridized carbons (Fsp3) is 0.531. The number of pyridine rings is 1. The van der Waals surface area contributed by atoms with Gasteiger partial charge in [-0.15, -0.1) is 0 Å². The average molecular weight is 705 g/mol. The van der Waals surface area contributed by atoms with Crippen molar-refractivity contribution in [2.75, 3.05) is 71.3 Å². The number of carbonyl (C=O) groups is 6. The largest absolute Gasteiger partial charge is 0.480 e. The number of amides is 1. The molecule has 1 amide bonds. The summed E-state index contributed by atoms with van der Waals surface area (Å²) in [5.74, 6) is -2.80. The Labute approximate surface area is 287 Å². The van der Waals surface area contributed by atoms with Gasteiger partial charge in [0.25, 0.3) is 19.4 Å². The van der Waals surface area contributed by atoms with E-state index in [9.17, 15) is 43.8 Å². The highest BCUT2D eigenvalue weighted by Gasteiger charge is 2.35. The summed E-state index contributed by atoms with van der Waals surface area (Å²) in [6.07, 6.45) is 2.89. The van der Waals surface area contributed by atoms with Gasteiger partial charge in [-0.2, -0.15) is 0 Å². The van der Waals surface area contributed by atoms with Gasteiger partial charge in [0.05, 0.1) is 25.2 Å². The topological polar surface area (TPSA) is 228 Å². The Morgan fingerprint density at radius 1 is 0.800 bits per heavy atom. The summed E-state index contributed by atoms with van der Waals surface area (Å²) in [7, 11) is 0. The van der Waals surface area contributed by atoms with Gasteiger partial charge in [0.15, 0.2) is 0 Å². The standard InChI is InChI=1S/C32H44N6O12/c1-23-12-29(42)34-26-13-24(6-7-25(23)26)33-30(43)14-37(10-8-35(15-31(44)45)16-32(46)47)27-4-2-3-5-28(27)38(19-50-22-41)11-9-36(17-48-20-39)18-49-21-40/h6-7,12-13,20-22,27-28H,2-5,8-11,14-19H2,1H3,(H,33,43)(H,34,42)(H,44,45)(H,46,47)/t27-,28-/m0/s1. The number of anilines is 1. The van der Waals surface area contributed by atoms with Crippen molar-refractivity contribution in [2.24, 2.45) is 0 Å². The number of aromatic amines is 1. The third-order valence-electron chi connectivity index (χ3n) is 8.40. The SMILES string of the molecule is Cc1cc(=O)[nH]c2cc(NC(=O)CN(CCN(CC(=O)O)CC(=O)O)[C@H]3CCCC[C@@H]3N(CCN(COC=O)COC=O)COC=O)ccc12. The molecule has 1 saturated carbocycles. The van der Waals surface area contributed by atoms with Crippen molar-refractivity contribution in [2.45, 2.75) is 44.7 Å². The molecule has 1 aliphatic rings. The van der Waals surface area contributed by atoms with Crippen LogP contribution in [0.15, 0.2) is 29.1 Å². The Bertz CT molecular complexity index is 1490. The number of nitrogens with zero attached hydrogens (tertiary/aromatic N) is 4. The number of rotatable bonds is 24. The molecule has 1 aromatic carbocycles. The number of carboxylic acids is 2. The lowest BCUT2D eigenvalue weighted by Crippen LogP contribution is -2.57. The number of hydrogen-bond donors (Lipinski definition) is 4. The Morgan fingerprint density at radius 3 is 1.96 bits per heavy atom. The molecule has 50 heavy (non-hydrogen) atoms. The number of fused-ring (bicyclic) bond motifs is 1. The summed E-state index contributed by atoms with van der Waals surface area (Å²) in [5.41, 5.74) is 1.49. The molecule has 0 radical (unpaired) electrons. The first-order chi connectivity index (χ1) is 24.0. The number of ether oxygens (including phenoxy) is 3. The van der Waals surface area contributed by atoms with Crippen molar-refractivity contribution in [3.8, 4) is 0 Å². The Kier molecular flexibility index (Phi) is 16.3. The number of H-pyrrole nitrogens is 1. The van der Waals surface area contributed by atoms with Crippen LogP contribution < -0.4 is 10.9 Å². The third kappa shape index (κ3) is 12.8. The van der Waals surface area contributed by atoms with Gasteiger partial charge in [-0.05, 0) is 37.5 Å². The van der Waals surface area contributed by atoms with Crippen molar-refractivity contribution in [3.05, 3.63) is 40.2 Å². The van der Waals surface area contributed by atoms with Crippen LogP contribution in [0.3, 0.4) is 0 Å². The van der Waals surface area contributed by atoms with Gasteiger partial charge >= 0.3 is 11.9 Å². The normalized spacial score (nSPS) is 16.0. The Hall–Kier alpha value is -4.91. The molecular formula is C32H44N6O12. The van der Waals surface area contributed by atoms with Gasteiger partial charge in [0, 0.05) is 55.4 Å². The van der Waals surface area contributed by atoms with Crippen molar-refractivity contribution < 1.29 is 53.2 Å². The summed E-state index contributed by atoms with van der Waals surface area (Å²) in [6.45, 7) is 1.70. The highest BCUT2D eigenvalue weighted by Crippen LogP contribution is 2.28. The zero-order valence-electron chi connectivity index (χ0n) is 27.9. The molecule has 2 aromatic rings. The molecule has 0 aliphatic heterocycles. The van der Waals surface area contributed by atoms with Crippen molar-refractivity contribution >= 4 is 53.9 Å². The van der Waals surface area contributed by atoms with Crippen LogP contribution in [0.1, 0.15) is 31.2 Å². The van der Waals surface area contributed by atoms with Gasteiger partial charge in [-0.25, -0.2) is 4.90 Å². The number of carboxylic acid groups (broad SMARTS) is 2. The fourth-order valence-electron chi connectivity index (χ4n) is 6.23. The van der Waals surface area contributed by atoms with E-state index in [4.69, 9.17) is 14.2 Å². The average Bonchev–Trinajstić information content (AvgIpc) is 3.06. The third-order valence-corrected chi connectivity index (χ3v) is 8.40. The van der Waals surface area contributed by atoms with Gasteiger partial charge in [0.1, 0.15) is 20.2 Å². The van der Waals surface area contributed by atoms with Crippen LogP contribution in [-0.4, -0.2) is 150 Å². The van der Waals surface area contributed by atoms with Gasteiger partial charge in [-0.1, -0.05) is 18.9 Å². The molecule has 18 heteroatoms. The molecule has 0 saturated heterocycles. The molecule has 1 aliphatic carbocycles. The molecule has 1 fully saturated rings. The summed E-state index contributed by atoms with van der Waals surface area (Å²) in [5, 5.41) is 22.5. The molecule has 4 N–H and O–H groups in total. The minimum atomic E-state index is -1.20. The zero-order chi connectivity index (χ0) is 36.5. The smallest absolute Gasteiger partial charge is 0.317 e. The molecule has 3 rings (SSSR count). The first kappa shape index (κ1) is 39.5. The predicted molar refractivity (Wildman–Crippen MR) is 177 cm³/mol. The molecule has 274 valence electrons. The van der Waals surface area contributed by atoms with E-state index in [1.807, 2.05) is 16.7 Å². The molecule has 1 aromatic heterocycles. The van der Waals surface area contributed by atoms with E-state index in [1.54, 1.807) is 23.1 Å². The van der Waals surface area contributed by atoms with E-state index < -0.39 is 30.9 Å². The van der Waals surface area contributed by atoms with Crippen LogP contribution >= 0.6 is 0 Å². The Balaban J connectivity index is 1.89. The van der Waals surface area contributed by atoms with Crippen molar-refractivity contribution in [1.29, 1.82) is 0 Å². The molecule has 1 heterocycles. The maximum atomic E-state index is 13.6. The molecule has 0 spiro atoms. The lowest BCUT2D eigenvalue weighted by molar-refractivity contribution is -0.144. The molecule has 0 bridgehead atoms. The van der Waals surface area contributed by atoms with Crippen LogP contribution in [0.5, 0.6) is 0 Å². The molecule has 2 atom stereocenters. The van der Waals surface area contributed by atoms with Crippen LogP contribution in [-0.2, 0) is 43.0 Å². The number of aromatic nitrogens is 1. The Morgan fingerprint density at radius 2 is 1.36 bits per heavy atom. The summed E-state index contributed by atoms with van der Waals surface area (Å²) >= 11 is 0. The minimum Gasteiger partial charge on any atom is -0.480 e. The number of nitrogens with one attached hydrogen (secondary N) is 2. The monoisotopic (exact) mass is 704 g/mol. The van der Waals surface area contributed by atoms with Gasteiger partial charge < -0.3 is 34.7 Å². The quantitative estimate of drug-likeness (QED) is 0.0633. The van der Waals surface area contributed by atoms with E-state index in [1.165, 1.54) is 11.0 Å². The second kappa shape index (κ2) is 20.6. The number of aryl methyl sites for hydroxylation is 1. The van der Waals surface area contributed by atoms with Crippen molar-refractivity contribution in [3.63, 3.8) is 0 Å². The van der Waals surface area contributed by atoms with Crippen LogP contribution in [0.25, 0.3) is 10.9 Å². The van der Waals surface area contributed by atoms with Crippen LogP contribution in [0.2, 0.25) is 0 Å². The second-order valence-corrected chi connectivity index (χ2v) is 11.9. The highest BCUT2D eigenvalue weighted by molar-refractivity contribution is 5.95. The lowest BCUT2D eigenvalue weighted by Gasteiger charge is -2.45. The first-order valence-electron chi connectivity index (χ1n) is 16.0. The van der Waals surface area contributed by atoms with E-state index >= 15 is 0 Å². The maximum absolute atomic E-state index is 13.6. The number of aliphatic carboxylic acids is 2. The van der Waals surface area contributed by atoms with E-state index in [2.05, 4.69) is 10.3 Å². The first-order valence-corrected chi connectivity index (χ1v) is 16.0. The fourth-order valence-corrected chi connectivity index (χ4v) is 6.23. The van der Waals surface area contributed by atoms with Gasteiger partial charge in [0.2, 0.25) is 11.5 Å². The van der Waals surface area contributed by atoms with Crippen LogP contribution in [0, 0.1) is 6.92 Å². The molecule has 18 nitrogen and oxygen atoms in total. The van der Waals surface area contributed by atoms with Crippen LogP contribution in [0.4, 0.5) is 5.69 Å². The summed E-state index contributed by atoms with van der Waals surface area (Å²) in [4.78, 5) is 90.9. The second-order valence-electron chi connectivity index (χ2n) is 11.9. The molecular weight excluding hydrogens is 660 g/mol. The number of hydrogen-bond acceptors (Lipinski definition) is 14. The maximum Gasteiger partial charge on any atom is 0.317 e. The van der Waals surface area contributed by atoms with Gasteiger partial charge in [-0.3, -0.25) is 48.3 Å². The van der Waals surface area contributed by atoms with E-state index in [-0.39, 0.29) is 83.5 Å².